The Morgan fingerprint density at radius 1 is 0.950 bits per heavy atom. The molecule has 2 aliphatic rings. The number of carbonyl (C=O) groups is 3. The van der Waals surface area contributed by atoms with Gasteiger partial charge in [0.1, 0.15) is 17.6 Å². The molecule has 1 aromatic heterocycles. The van der Waals surface area contributed by atoms with Gasteiger partial charge in [-0.15, -0.1) is 0 Å². The van der Waals surface area contributed by atoms with Crippen LogP contribution in [-0.2, 0) is 20.9 Å². The van der Waals surface area contributed by atoms with E-state index >= 15 is 0 Å². The van der Waals surface area contributed by atoms with Crippen LogP contribution >= 0.6 is 34.7 Å². The average Bonchev–Trinajstić information content (AvgIpc) is 3.37. The monoisotopic (exact) mass is 593 g/mol. The van der Waals surface area contributed by atoms with Crippen molar-refractivity contribution in [2.24, 2.45) is 5.92 Å². The van der Waals surface area contributed by atoms with Crippen molar-refractivity contribution in [3.8, 4) is 0 Å². The van der Waals surface area contributed by atoms with Crippen LogP contribution < -0.4 is 15.1 Å². The summed E-state index contributed by atoms with van der Waals surface area (Å²) in [7, 11) is 0. The molecule has 0 spiro atoms. The number of hydrogen-bond acceptors (Lipinski definition) is 6. The van der Waals surface area contributed by atoms with Gasteiger partial charge in [0, 0.05) is 21.5 Å². The number of aromatic nitrogens is 1. The number of halogens is 2. The molecule has 0 radical (unpaired) electrons. The van der Waals surface area contributed by atoms with Gasteiger partial charge >= 0.3 is 4.87 Å². The second-order valence-corrected chi connectivity index (χ2v) is 12.2. The summed E-state index contributed by atoms with van der Waals surface area (Å²) in [4.78, 5) is 55.0. The quantitative estimate of drug-likeness (QED) is 0.311. The van der Waals surface area contributed by atoms with E-state index in [0.717, 1.165) is 39.1 Å². The fourth-order valence-corrected chi connectivity index (χ4v) is 8.01. The molecule has 1 fully saturated rings. The van der Waals surface area contributed by atoms with Crippen LogP contribution in [-0.4, -0.2) is 27.5 Å². The van der Waals surface area contributed by atoms with Crippen molar-refractivity contribution < 1.29 is 18.8 Å². The lowest BCUT2D eigenvalue weighted by molar-refractivity contribution is -0.122. The van der Waals surface area contributed by atoms with Crippen LogP contribution in [0.1, 0.15) is 21.9 Å². The number of nitrogens with zero attached hydrogens (tertiary/aromatic N) is 2. The number of thioether (sulfide) groups is 1. The molecule has 0 saturated carbocycles. The first-order valence-electron chi connectivity index (χ1n) is 12.4. The van der Waals surface area contributed by atoms with E-state index in [1.807, 2.05) is 19.1 Å². The Morgan fingerprint density at radius 2 is 1.62 bits per heavy atom. The number of hydrogen-bond donors (Lipinski definition) is 1. The molecule has 11 heteroatoms. The van der Waals surface area contributed by atoms with Crippen molar-refractivity contribution in [1.82, 2.24) is 4.57 Å². The summed E-state index contributed by atoms with van der Waals surface area (Å²) in [6, 6.07) is 19.4. The van der Waals surface area contributed by atoms with E-state index in [1.165, 1.54) is 28.8 Å². The van der Waals surface area contributed by atoms with Gasteiger partial charge in [-0.1, -0.05) is 64.5 Å². The van der Waals surface area contributed by atoms with E-state index in [9.17, 15) is 23.6 Å². The van der Waals surface area contributed by atoms with Crippen LogP contribution in [0, 0.1) is 18.7 Å². The summed E-state index contributed by atoms with van der Waals surface area (Å²) in [6.45, 7) is 1.69. The number of fused-ring (bicyclic) bond motifs is 2. The Kier molecular flexibility index (Phi) is 6.85. The van der Waals surface area contributed by atoms with Crippen LogP contribution in [0.25, 0.3) is 0 Å². The molecule has 3 aromatic carbocycles. The molecule has 7 nitrogen and oxygen atoms in total. The Balaban J connectivity index is 1.40. The predicted molar refractivity (Wildman–Crippen MR) is 154 cm³/mol. The van der Waals surface area contributed by atoms with Crippen molar-refractivity contribution >= 4 is 63.8 Å². The van der Waals surface area contributed by atoms with Gasteiger partial charge in [0.15, 0.2) is 0 Å². The van der Waals surface area contributed by atoms with Gasteiger partial charge < -0.3 is 5.32 Å². The molecule has 40 heavy (non-hydrogen) atoms. The van der Waals surface area contributed by atoms with Crippen LogP contribution in [0.3, 0.4) is 0 Å². The number of anilines is 2. The van der Waals surface area contributed by atoms with Crippen molar-refractivity contribution in [1.29, 1.82) is 0 Å². The first-order chi connectivity index (χ1) is 19.2. The van der Waals surface area contributed by atoms with Gasteiger partial charge in [-0.05, 0) is 61.0 Å². The maximum Gasteiger partial charge on any atom is 0.308 e. The molecule has 3 atom stereocenters. The zero-order chi connectivity index (χ0) is 28.1. The van der Waals surface area contributed by atoms with Gasteiger partial charge in [-0.3, -0.25) is 23.7 Å². The lowest BCUT2D eigenvalue weighted by atomic mass is 9.83. The van der Waals surface area contributed by atoms with Crippen LogP contribution in [0.15, 0.2) is 82.6 Å². The van der Waals surface area contributed by atoms with Crippen molar-refractivity contribution in [2.75, 3.05) is 10.2 Å². The highest BCUT2D eigenvalue weighted by atomic mass is 35.5. The van der Waals surface area contributed by atoms with E-state index in [1.54, 1.807) is 36.4 Å². The Labute approximate surface area is 241 Å². The van der Waals surface area contributed by atoms with Crippen molar-refractivity contribution in [2.45, 2.75) is 29.7 Å². The molecular formula is C29H21ClFN3O4S2. The number of imide groups is 1. The highest BCUT2D eigenvalue weighted by Crippen LogP contribution is 2.53. The van der Waals surface area contributed by atoms with E-state index < -0.39 is 34.7 Å². The first kappa shape index (κ1) is 26.5. The second-order valence-electron chi connectivity index (χ2n) is 9.62. The maximum atomic E-state index is 13.8. The molecule has 4 aromatic rings. The van der Waals surface area contributed by atoms with E-state index in [2.05, 4.69) is 5.32 Å². The van der Waals surface area contributed by atoms with E-state index in [4.69, 9.17) is 11.6 Å². The highest BCUT2D eigenvalue weighted by molar-refractivity contribution is 8.00. The molecule has 3 amide bonds. The molecule has 0 aliphatic carbocycles. The van der Waals surface area contributed by atoms with Gasteiger partial charge in [-0.25, -0.2) is 9.29 Å². The van der Waals surface area contributed by atoms with E-state index in [0.29, 0.717) is 20.6 Å². The number of nitrogens with one attached hydrogen (secondary N) is 1. The molecule has 202 valence electrons. The largest absolute Gasteiger partial charge is 0.325 e. The zero-order valence-corrected chi connectivity index (χ0v) is 23.4. The summed E-state index contributed by atoms with van der Waals surface area (Å²) in [5.41, 5.74) is 2.65. The molecule has 1 N–H and O–H groups in total. The third kappa shape index (κ3) is 4.66. The summed E-state index contributed by atoms with van der Waals surface area (Å²) >= 11 is 8.22. The molecule has 2 aliphatic heterocycles. The van der Waals surface area contributed by atoms with Crippen LogP contribution in [0.2, 0.25) is 5.02 Å². The SMILES string of the molecule is Cc1ccc(NC(=O)Cn2c3c(sc2=O)[C@H](c2ccc(Cl)cc2)C2C(=O)N(c4ccc(F)cc4)C(=O)C2S3)cc1. The lowest BCUT2D eigenvalue weighted by Crippen LogP contribution is -2.33. The molecule has 1 saturated heterocycles. The van der Waals surface area contributed by atoms with Crippen LogP contribution in [0.4, 0.5) is 15.8 Å². The standard InChI is InChI=1S/C29H21ClFN3O4S2/c1-15-2-10-19(11-3-15)32-21(35)14-33-28-25(40-29(33)38)22(16-4-6-17(30)7-5-16)23-24(39-28)27(37)34(26(23)36)20-12-8-18(31)9-13-20/h2-13,22-24H,14H2,1H3,(H,32,35)/t22-,23?,24?/m1/s1. The Hall–Kier alpha value is -3.73. The third-order valence-electron chi connectivity index (χ3n) is 7.00. The third-order valence-corrected chi connectivity index (χ3v) is 9.86. The summed E-state index contributed by atoms with van der Waals surface area (Å²) in [5, 5.41) is 2.96. The number of rotatable bonds is 5. The van der Waals surface area contributed by atoms with Gasteiger partial charge in [0.25, 0.3) is 0 Å². The summed E-state index contributed by atoms with van der Waals surface area (Å²) in [6.07, 6.45) is 0. The van der Waals surface area contributed by atoms with Gasteiger partial charge in [-0.2, -0.15) is 0 Å². The fourth-order valence-electron chi connectivity index (χ4n) is 5.11. The molecule has 0 bridgehead atoms. The Morgan fingerprint density at radius 3 is 2.30 bits per heavy atom. The highest BCUT2D eigenvalue weighted by Gasteiger charge is 2.56. The minimum absolute atomic E-state index is 0.250. The minimum Gasteiger partial charge on any atom is -0.325 e. The smallest absolute Gasteiger partial charge is 0.308 e. The topological polar surface area (TPSA) is 88.5 Å². The molecular weight excluding hydrogens is 573 g/mol. The zero-order valence-electron chi connectivity index (χ0n) is 21.0. The number of benzene rings is 3. The molecule has 2 unspecified atom stereocenters. The van der Waals surface area contributed by atoms with Gasteiger partial charge in [0.05, 0.1) is 16.6 Å². The number of amides is 3. The average molecular weight is 594 g/mol. The predicted octanol–water partition coefficient (Wildman–Crippen LogP) is 5.45. The van der Waals surface area contributed by atoms with Crippen molar-refractivity contribution in [3.63, 3.8) is 0 Å². The fraction of sp³-hybridized carbons (Fsp3) is 0.172. The van der Waals surface area contributed by atoms with Crippen LogP contribution in [0.5, 0.6) is 0 Å². The minimum atomic E-state index is -0.842. The normalized spacial score (nSPS) is 19.9. The first-order valence-corrected chi connectivity index (χ1v) is 14.4. The second kappa shape index (κ2) is 10.3. The van der Waals surface area contributed by atoms with Crippen molar-refractivity contribution in [3.05, 3.63) is 109 Å². The maximum absolute atomic E-state index is 13.8. The number of thiazole rings is 1. The lowest BCUT2D eigenvalue weighted by Gasteiger charge is -2.30. The molecule has 6 rings (SSSR count). The summed E-state index contributed by atoms with van der Waals surface area (Å²) in [5.74, 6) is -3.17. The number of carbonyl (C=O) groups excluding carboxylic acids is 3. The Bertz CT molecular complexity index is 1700. The van der Waals surface area contributed by atoms with E-state index in [-0.39, 0.29) is 23.0 Å². The number of aryl methyl sites for hydroxylation is 1. The summed E-state index contributed by atoms with van der Waals surface area (Å²) < 4.78 is 15.0. The van der Waals surface area contributed by atoms with Gasteiger partial charge in [0.2, 0.25) is 17.7 Å². The molecule has 3 heterocycles.